The van der Waals surface area contributed by atoms with Gasteiger partial charge >= 0.3 is 6.09 Å². The summed E-state index contributed by atoms with van der Waals surface area (Å²) in [5.74, 6) is -0.632. The fourth-order valence-electron chi connectivity index (χ4n) is 5.59. The van der Waals surface area contributed by atoms with Gasteiger partial charge in [-0.05, 0) is 81.5 Å². The molecule has 1 N–H and O–H groups in total. The Kier molecular flexibility index (Phi) is 9.07. The predicted molar refractivity (Wildman–Crippen MR) is 166 cm³/mol. The molecule has 0 saturated carbocycles. The Bertz CT molecular complexity index is 1630. The molecule has 0 atom stereocenters. The topological polar surface area (TPSA) is 116 Å². The van der Waals surface area contributed by atoms with Crippen LogP contribution in [0.3, 0.4) is 0 Å². The lowest BCUT2D eigenvalue weighted by atomic mass is 10.0. The van der Waals surface area contributed by atoms with Crippen LogP contribution in [-0.2, 0) is 34.1 Å². The maximum absolute atomic E-state index is 13.6. The lowest BCUT2D eigenvalue weighted by Gasteiger charge is -2.30. The maximum atomic E-state index is 13.6. The summed E-state index contributed by atoms with van der Waals surface area (Å²) in [6.45, 7) is 7.94. The van der Waals surface area contributed by atoms with Gasteiger partial charge in [-0.2, -0.15) is 0 Å². The Labute approximate surface area is 256 Å². The molecule has 3 aromatic rings. The van der Waals surface area contributed by atoms with E-state index in [9.17, 15) is 22.8 Å². The molecule has 43 heavy (non-hydrogen) atoms. The van der Waals surface area contributed by atoms with Gasteiger partial charge in [-0.1, -0.05) is 18.2 Å². The standard InChI is InChI=1S/C31H36N4O6S2/c1-4-33(5-2)30(37)27-24-17-19-34(31(38)41-6-3)20-26(24)42-29(27)32-28(36)22-13-15-23(16-14-22)43(39,40)35-18-9-11-21-10-7-8-12-25(21)35/h7-8,10,12-16H,4-6,9,11,17-20H2,1-3H3,(H,32,36). The Morgan fingerprint density at radius 3 is 2.40 bits per heavy atom. The molecule has 5 rings (SSSR count). The first-order valence-corrected chi connectivity index (χ1v) is 16.8. The number of anilines is 2. The van der Waals surface area contributed by atoms with Crippen molar-refractivity contribution in [1.82, 2.24) is 9.80 Å². The van der Waals surface area contributed by atoms with Crippen molar-refractivity contribution in [3.63, 3.8) is 0 Å². The van der Waals surface area contributed by atoms with Gasteiger partial charge in [-0.3, -0.25) is 13.9 Å². The van der Waals surface area contributed by atoms with Gasteiger partial charge in [-0.25, -0.2) is 13.2 Å². The third kappa shape index (κ3) is 5.98. The van der Waals surface area contributed by atoms with Crippen LogP contribution in [0.5, 0.6) is 0 Å². The molecular formula is C31H36N4O6S2. The third-order valence-corrected chi connectivity index (χ3v) is 10.8. The van der Waals surface area contributed by atoms with E-state index in [4.69, 9.17) is 4.74 Å². The van der Waals surface area contributed by atoms with E-state index >= 15 is 0 Å². The van der Waals surface area contributed by atoms with E-state index in [-0.39, 0.29) is 23.0 Å². The number of benzene rings is 2. The molecular weight excluding hydrogens is 588 g/mol. The maximum Gasteiger partial charge on any atom is 0.410 e. The van der Waals surface area contributed by atoms with E-state index < -0.39 is 22.0 Å². The van der Waals surface area contributed by atoms with Crippen molar-refractivity contribution in [2.75, 3.05) is 42.4 Å². The molecule has 0 radical (unpaired) electrons. The molecule has 2 aromatic carbocycles. The number of thiophene rings is 1. The summed E-state index contributed by atoms with van der Waals surface area (Å²) in [6, 6.07) is 13.4. The van der Waals surface area contributed by atoms with Crippen LogP contribution in [0.15, 0.2) is 53.4 Å². The number of nitrogens with zero attached hydrogens (tertiary/aromatic N) is 3. The Morgan fingerprint density at radius 2 is 1.70 bits per heavy atom. The third-order valence-electron chi connectivity index (χ3n) is 7.85. The van der Waals surface area contributed by atoms with Crippen LogP contribution in [-0.4, -0.2) is 68.9 Å². The SMILES string of the molecule is CCOC(=O)N1CCc2c(sc(NC(=O)c3ccc(S(=O)(=O)N4CCCc5ccccc54)cc3)c2C(=O)N(CC)CC)C1. The van der Waals surface area contributed by atoms with Crippen molar-refractivity contribution in [3.8, 4) is 0 Å². The minimum Gasteiger partial charge on any atom is -0.450 e. The van der Waals surface area contributed by atoms with Crippen LogP contribution in [0.2, 0.25) is 0 Å². The van der Waals surface area contributed by atoms with Crippen LogP contribution in [0, 0.1) is 0 Å². The molecule has 0 bridgehead atoms. The van der Waals surface area contributed by atoms with Gasteiger partial charge in [-0.15, -0.1) is 11.3 Å². The molecule has 2 aliphatic rings. The van der Waals surface area contributed by atoms with Crippen LogP contribution < -0.4 is 9.62 Å². The largest absolute Gasteiger partial charge is 0.450 e. The summed E-state index contributed by atoms with van der Waals surface area (Å²) >= 11 is 1.28. The lowest BCUT2D eigenvalue weighted by molar-refractivity contribution is 0.0772. The molecule has 0 fully saturated rings. The van der Waals surface area contributed by atoms with E-state index in [1.165, 1.54) is 39.9 Å². The highest BCUT2D eigenvalue weighted by atomic mass is 32.2. The summed E-state index contributed by atoms with van der Waals surface area (Å²) in [5.41, 5.74) is 3.22. The molecule has 12 heteroatoms. The number of nitrogens with one attached hydrogen (secondary N) is 1. The lowest BCUT2D eigenvalue weighted by Crippen LogP contribution is -2.37. The number of amides is 3. The number of rotatable bonds is 8. The molecule has 228 valence electrons. The van der Waals surface area contributed by atoms with Crippen molar-refractivity contribution >= 4 is 50.0 Å². The minimum absolute atomic E-state index is 0.101. The molecule has 0 saturated heterocycles. The van der Waals surface area contributed by atoms with Crippen LogP contribution in [0.25, 0.3) is 0 Å². The Morgan fingerprint density at radius 1 is 0.977 bits per heavy atom. The van der Waals surface area contributed by atoms with Crippen molar-refractivity contribution in [2.45, 2.75) is 51.5 Å². The fourth-order valence-corrected chi connectivity index (χ4v) is 8.38. The van der Waals surface area contributed by atoms with Gasteiger partial charge in [0, 0.05) is 36.6 Å². The number of fused-ring (bicyclic) bond motifs is 2. The van der Waals surface area contributed by atoms with Crippen molar-refractivity contribution in [3.05, 3.63) is 75.7 Å². The number of carbonyl (C=O) groups excluding carboxylic acids is 3. The van der Waals surface area contributed by atoms with Crippen LogP contribution in [0.1, 0.15) is 63.9 Å². The van der Waals surface area contributed by atoms with Gasteiger partial charge in [0.05, 0.1) is 29.3 Å². The number of aryl methyl sites for hydroxylation is 1. The van der Waals surface area contributed by atoms with Crippen LogP contribution >= 0.6 is 11.3 Å². The summed E-state index contributed by atoms with van der Waals surface area (Å²) in [6.07, 6.45) is 1.61. The molecule has 2 aliphatic heterocycles. The average Bonchev–Trinajstić information content (AvgIpc) is 3.38. The highest BCUT2D eigenvalue weighted by Crippen LogP contribution is 2.38. The second kappa shape index (κ2) is 12.8. The fraction of sp³-hybridized carbons (Fsp3) is 0.387. The highest BCUT2D eigenvalue weighted by Gasteiger charge is 2.33. The molecule has 3 amide bonds. The normalized spacial score (nSPS) is 14.5. The van der Waals surface area contributed by atoms with E-state index in [1.54, 1.807) is 16.7 Å². The number of hydrogen-bond donors (Lipinski definition) is 1. The average molecular weight is 625 g/mol. The number of hydrogen-bond acceptors (Lipinski definition) is 7. The van der Waals surface area contributed by atoms with E-state index in [2.05, 4.69) is 5.32 Å². The molecule has 0 unspecified atom stereocenters. The first-order valence-electron chi connectivity index (χ1n) is 14.6. The Balaban J connectivity index is 1.40. The molecule has 0 aliphatic carbocycles. The van der Waals surface area contributed by atoms with Crippen molar-refractivity contribution in [1.29, 1.82) is 0 Å². The zero-order chi connectivity index (χ0) is 30.7. The first-order chi connectivity index (χ1) is 20.7. The zero-order valence-electron chi connectivity index (χ0n) is 24.6. The van der Waals surface area contributed by atoms with Gasteiger partial charge in [0.25, 0.3) is 21.8 Å². The number of sulfonamides is 1. The molecule has 1 aromatic heterocycles. The molecule has 10 nitrogen and oxygen atoms in total. The summed E-state index contributed by atoms with van der Waals surface area (Å²) in [4.78, 5) is 43.6. The van der Waals surface area contributed by atoms with Crippen molar-refractivity contribution < 1.29 is 27.5 Å². The number of carbonyl (C=O) groups is 3. The van der Waals surface area contributed by atoms with Crippen molar-refractivity contribution in [2.24, 2.45) is 0 Å². The summed E-state index contributed by atoms with van der Waals surface area (Å²) in [5, 5.41) is 3.33. The minimum atomic E-state index is -3.82. The van der Waals surface area contributed by atoms with E-state index in [0.717, 1.165) is 28.8 Å². The zero-order valence-corrected chi connectivity index (χ0v) is 26.2. The second-order valence-corrected chi connectivity index (χ2v) is 13.3. The smallest absolute Gasteiger partial charge is 0.410 e. The second-order valence-electron chi connectivity index (χ2n) is 10.3. The molecule has 0 spiro atoms. The monoisotopic (exact) mass is 624 g/mol. The number of para-hydroxylation sites is 1. The number of ether oxygens (including phenoxy) is 1. The van der Waals surface area contributed by atoms with E-state index in [0.29, 0.717) is 55.4 Å². The van der Waals surface area contributed by atoms with Gasteiger partial charge in [0.1, 0.15) is 5.00 Å². The van der Waals surface area contributed by atoms with Gasteiger partial charge < -0.3 is 19.9 Å². The van der Waals surface area contributed by atoms with E-state index in [1.807, 2.05) is 38.1 Å². The summed E-state index contributed by atoms with van der Waals surface area (Å²) in [7, 11) is -3.82. The quantitative estimate of drug-likeness (QED) is 0.371. The first kappa shape index (κ1) is 30.6. The molecule has 3 heterocycles. The summed E-state index contributed by atoms with van der Waals surface area (Å²) < 4.78 is 33.7. The van der Waals surface area contributed by atoms with Crippen LogP contribution in [0.4, 0.5) is 15.5 Å². The Hall–Kier alpha value is -3.90. The van der Waals surface area contributed by atoms with Gasteiger partial charge in [0.2, 0.25) is 0 Å². The van der Waals surface area contributed by atoms with Gasteiger partial charge in [0.15, 0.2) is 0 Å². The highest BCUT2D eigenvalue weighted by molar-refractivity contribution is 7.92. The predicted octanol–water partition coefficient (Wildman–Crippen LogP) is 5.14.